The van der Waals surface area contributed by atoms with E-state index in [1.807, 2.05) is 6.07 Å². The molecule has 0 radical (unpaired) electrons. The fourth-order valence-electron chi connectivity index (χ4n) is 2.92. The van der Waals surface area contributed by atoms with Crippen molar-refractivity contribution in [2.45, 2.75) is 32.2 Å². The van der Waals surface area contributed by atoms with Crippen molar-refractivity contribution in [3.63, 3.8) is 0 Å². The zero-order valence-electron chi connectivity index (χ0n) is 12.7. The summed E-state index contributed by atoms with van der Waals surface area (Å²) in [7, 11) is -3.08. The number of hydrogen-bond acceptors (Lipinski definition) is 5. The summed E-state index contributed by atoms with van der Waals surface area (Å²) in [6.07, 6.45) is 7.50. The minimum Gasteiger partial charge on any atom is -0.309 e. The van der Waals surface area contributed by atoms with Crippen molar-refractivity contribution < 1.29 is 8.42 Å². The molecule has 0 spiro atoms. The second kappa shape index (κ2) is 7.29. The van der Waals surface area contributed by atoms with E-state index in [9.17, 15) is 8.42 Å². The quantitative estimate of drug-likeness (QED) is 0.854. The van der Waals surface area contributed by atoms with E-state index in [4.69, 9.17) is 0 Å². The molecule has 1 aliphatic heterocycles. The molecule has 7 heteroatoms. The van der Waals surface area contributed by atoms with Gasteiger partial charge in [-0.1, -0.05) is 6.92 Å². The highest BCUT2D eigenvalue weighted by atomic mass is 32.2. The molecule has 1 aliphatic rings. The highest BCUT2D eigenvalue weighted by Gasteiger charge is 2.28. The van der Waals surface area contributed by atoms with Gasteiger partial charge in [0.25, 0.3) is 0 Å². The SMILES string of the molecule is CCNC(CC1CCCN(S(C)(=O)=O)C1)c1ccncn1. The molecule has 2 rings (SSSR count). The van der Waals surface area contributed by atoms with Crippen LogP contribution in [0.1, 0.15) is 37.9 Å². The number of sulfonamides is 1. The van der Waals surface area contributed by atoms with Crippen LogP contribution in [0, 0.1) is 5.92 Å². The van der Waals surface area contributed by atoms with Gasteiger partial charge in [-0.2, -0.15) is 0 Å². The average Bonchev–Trinajstić information content (AvgIpc) is 2.47. The van der Waals surface area contributed by atoms with Gasteiger partial charge < -0.3 is 5.32 Å². The third-order valence-electron chi connectivity index (χ3n) is 3.93. The maximum atomic E-state index is 11.7. The maximum absolute atomic E-state index is 11.7. The Morgan fingerprint density at radius 1 is 1.52 bits per heavy atom. The van der Waals surface area contributed by atoms with Crippen molar-refractivity contribution in [1.29, 1.82) is 0 Å². The minimum atomic E-state index is -3.08. The van der Waals surface area contributed by atoms with Crippen LogP contribution in [0.5, 0.6) is 0 Å². The molecule has 1 aromatic rings. The lowest BCUT2D eigenvalue weighted by molar-refractivity contribution is 0.237. The van der Waals surface area contributed by atoms with Gasteiger partial charge in [0.15, 0.2) is 0 Å². The van der Waals surface area contributed by atoms with Gasteiger partial charge in [-0.3, -0.25) is 0 Å². The third-order valence-corrected chi connectivity index (χ3v) is 5.20. The summed E-state index contributed by atoms with van der Waals surface area (Å²) >= 11 is 0. The highest BCUT2D eigenvalue weighted by molar-refractivity contribution is 7.88. The summed E-state index contributed by atoms with van der Waals surface area (Å²) in [6.45, 7) is 4.19. The monoisotopic (exact) mass is 312 g/mol. The van der Waals surface area contributed by atoms with Gasteiger partial charge in [0.1, 0.15) is 6.33 Å². The van der Waals surface area contributed by atoms with Gasteiger partial charge in [-0.05, 0) is 37.8 Å². The number of piperidine rings is 1. The first kappa shape index (κ1) is 16.3. The lowest BCUT2D eigenvalue weighted by atomic mass is 9.91. The van der Waals surface area contributed by atoms with Crippen molar-refractivity contribution in [3.8, 4) is 0 Å². The second-order valence-corrected chi connectivity index (χ2v) is 7.59. The molecule has 0 amide bonds. The summed E-state index contributed by atoms with van der Waals surface area (Å²) in [4.78, 5) is 8.28. The van der Waals surface area contributed by atoms with Crippen LogP contribution in [0.25, 0.3) is 0 Å². The van der Waals surface area contributed by atoms with Crippen LogP contribution >= 0.6 is 0 Å². The molecule has 2 unspecified atom stereocenters. The van der Waals surface area contributed by atoms with Crippen LogP contribution in [-0.2, 0) is 10.0 Å². The average molecular weight is 312 g/mol. The van der Waals surface area contributed by atoms with Gasteiger partial charge >= 0.3 is 0 Å². The molecule has 1 aromatic heterocycles. The van der Waals surface area contributed by atoms with Crippen LogP contribution in [0.15, 0.2) is 18.6 Å². The Morgan fingerprint density at radius 2 is 2.33 bits per heavy atom. The number of rotatable bonds is 6. The van der Waals surface area contributed by atoms with E-state index < -0.39 is 10.0 Å². The van der Waals surface area contributed by atoms with Crippen molar-refractivity contribution in [2.24, 2.45) is 5.92 Å². The Labute approximate surface area is 127 Å². The smallest absolute Gasteiger partial charge is 0.211 e. The molecule has 1 fully saturated rings. The van der Waals surface area contributed by atoms with E-state index in [1.165, 1.54) is 6.26 Å². The van der Waals surface area contributed by atoms with E-state index in [0.29, 0.717) is 19.0 Å². The van der Waals surface area contributed by atoms with Crippen molar-refractivity contribution >= 4 is 10.0 Å². The Bertz CT molecular complexity index is 535. The first-order valence-corrected chi connectivity index (χ1v) is 9.30. The van der Waals surface area contributed by atoms with Crippen molar-refractivity contribution in [2.75, 3.05) is 25.9 Å². The number of hydrogen-bond donors (Lipinski definition) is 1. The molecule has 6 nitrogen and oxygen atoms in total. The summed E-state index contributed by atoms with van der Waals surface area (Å²) in [5.41, 5.74) is 0.975. The van der Waals surface area contributed by atoms with Gasteiger partial charge in [0.2, 0.25) is 10.0 Å². The van der Waals surface area contributed by atoms with E-state index in [1.54, 1.807) is 16.8 Å². The number of nitrogens with zero attached hydrogens (tertiary/aromatic N) is 3. The van der Waals surface area contributed by atoms with E-state index >= 15 is 0 Å². The number of aromatic nitrogens is 2. The number of nitrogens with one attached hydrogen (secondary N) is 1. The molecular weight excluding hydrogens is 288 g/mol. The fourth-order valence-corrected chi connectivity index (χ4v) is 3.86. The second-order valence-electron chi connectivity index (χ2n) is 5.61. The highest BCUT2D eigenvalue weighted by Crippen LogP contribution is 2.27. The van der Waals surface area contributed by atoms with Crippen LogP contribution in [0.3, 0.4) is 0 Å². The molecule has 118 valence electrons. The van der Waals surface area contributed by atoms with Crippen LogP contribution in [0.2, 0.25) is 0 Å². The molecule has 21 heavy (non-hydrogen) atoms. The molecular formula is C14H24N4O2S. The molecule has 0 bridgehead atoms. The predicted octanol–water partition coefficient (Wildman–Crippen LogP) is 1.19. The Balaban J connectivity index is 2.03. The Kier molecular flexibility index (Phi) is 5.66. The normalized spacial score (nSPS) is 22.1. The molecule has 1 saturated heterocycles. The minimum absolute atomic E-state index is 0.155. The molecule has 0 aliphatic carbocycles. The first-order valence-electron chi connectivity index (χ1n) is 7.45. The van der Waals surface area contributed by atoms with E-state index in [2.05, 4.69) is 22.2 Å². The van der Waals surface area contributed by atoms with Crippen LogP contribution in [0.4, 0.5) is 0 Å². The summed E-state index contributed by atoms with van der Waals surface area (Å²) < 4.78 is 25.0. The summed E-state index contributed by atoms with van der Waals surface area (Å²) in [6, 6.07) is 2.08. The lowest BCUT2D eigenvalue weighted by Gasteiger charge is -2.33. The zero-order chi connectivity index (χ0) is 15.3. The Hall–Kier alpha value is -1.05. The first-order chi connectivity index (χ1) is 10.0. The summed E-state index contributed by atoms with van der Waals surface area (Å²) in [5, 5.41) is 3.44. The predicted molar refractivity (Wildman–Crippen MR) is 82.2 cm³/mol. The van der Waals surface area contributed by atoms with E-state index in [0.717, 1.165) is 31.5 Å². The molecule has 0 saturated carbocycles. The zero-order valence-corrected chi connectivity index (χ0v) is 13.5. The largest absolute Gasteiger partial charge is 0.309 e. The molecule has 2 atom stereocenters. The molecule has 2 heterocycles. The topological polar surface area (TPSA) is 75.2 Å². The summed E-state index contributed by atoms with van der Waals surface area (Å²) in [5.74, 6) is 0.368. The van der Waals surface area contributed by atoms with Gasteiger partial charge in [0, 0.05) is 25.3 Å². The lowest BCUT2D eigenvalue weighted by Crippen LogP contribution is -2.40. The molecule has 1 N–H and O–H groups in total. The van der Waals surface area contributed by atoms with Gasteiger partial charge in [-0.25, -0.2) is 22.7 Å². The van der Waals surface area contributed by atoms with Gasteiger partial charge in [0.05, 0.1) is 11.9 Å². The molecule has 0 aromatic carbocycles. The fraction of sp³-hybridized carbons (Fsp3) is 0.714. The third kappa shape index (κ3) is 4.72. The Morgan fingerprint density at radius 3 is 2.95 bits per heavy atom. The standard InChI is InChI=1S/C14H24N4O2S/c1-3-16-14(13-6-7-15-11-17-13)9-12-5-4-8-18(10-12)21(2,19)20/h6-7,11-12,14,16H,3-5,8-10H2,1-2H3. The van der Waals surface area contributed by atoms with Crippen molar-refractivity contribution in [3.05, 3.63) is 24.3 Å². The maximum Gasteiger partial charge on any atom is 0.211 e. The van der Waals surface area contributed by atoms with E-state index in [-0.39, 0.29) is 6.04 Å². The van der Waals surface area contributed by atoms with Crippen molar-refractivity contribution in [1.82, 2.24) is 19.6 Å². The van der Waals surface area contributed by atoms with Gasteiger partial charge in [-0.15, -0.1) is 0 Å². The van der Waals surface area contributed by atoms with Crippen LogP contribution in [-0.4, -0.2) is 48.6 Å². The van der Waals surface area contributed by atoms with Crippen LogP contribution < -0.4 is 5.32 Å².